The van der Waals surface area contributed by atoms with E-state index in [1.807, 2.05) is 0 Å². The Balaban J connectivity index is 1.90. The van der Waals surface area contributed by atoms with E-state index >= 15 is 0 Å². The average molecular weight is 559 g/mol. The van der Waals surface area contributed by atoms with E-state index in [2.05, 4.69) is 52.1 Å². The Bertz CT molecular complexity index is 1310. The number of nitrogens with one attached hydrogen (secondary N) is 1. The highest BCUT2D eigenvalue weighted by Gasteiger charge is 2.38. The summed E-state index contributed by atoms with van der Waals surface area (Å²) in [6.45, 7) is 11.2. The molecule has 1 amide bonds. The van der Waals surface area contributed by atoms with E-state index in [0.717, 1.165) is 36.6 Å². The van der Waals surface area contributed by atoms with Crippen molar-refractivity contribution in [3.8, 4) is 5.75 Å². The third-order valence-corrected chi connectivity index (χ3v) is 7.71. The number of allylic oxidation sites excluding steroid dienone is 4. The van der Waals surface area contributed by atoms with Gasteiger partial charge in [0.05, 0.1) is 5.02 Å². The Morgan fingerprint density at radius 1 is 1.26 bits per heavy atom. The van der Waals surface area contributed by atoms with Crippen molar-refractivity contribution in [1.82, 2.24) is 4.57 Å². The number of aromatic nitrogens is 1. The Kier molecular flexibility index (Phi) is 10.6. The summed E-state index contributed by atoms with van der Waals surface area (Å²) in [6, 6.07) is 5.19. The molecule has 1 unspecified atom stereocenters. The predicted octanol–water partition coefficient (Wildman–Crippen LogP) is 7.46. The SMILES string of the molecule is CC(C)=CCC/C(C)=C/CC1Cc2c(OC(=O)Nc3ccc(F)c(Cl)c3)cc(=O)n(CCCO)c2CC1(C)C. The van der Waals surface area contributed by atoms with Crippen molar-refractivity contribution in [3.05, 3.63) is 80.0 Å². The number of carbonyl (C=O) groups is 1. The van der Waals surface area contributed by atoms with Crippen molar-refractivity contribution >= 4 is 23.4 Å². The molecule has 0 radical (unpaired) electrons. The van der Waals surface area contributed by atoms with E-state index in [-0.39, 0.29) is 40.0 Å². The minimum Gasteiger partial charge on any atom is -0.410 e. The monoisotopic (exact) mass is 558 g/mol. The third kappa shape index (κ3) is 8.29. The Labute approximate surface area is 235 Å². The Hall–Kier alpha value is -2.90. The standard InChI is InChI=1S/C31H40ClFN2O4/c1-20(2)8-6-9-21(3)10-11-22-16-24-27(19-31(22,4)5)35(14-7-15-36)29(37)18-28(24)39-30(38)34-23-12-13-26(33)25(32)17-23/h8,10,12-13,17-18,22,36H,6-7,9,11,14-16,19H2,1-5H3,(H,34,38)/b21-10+. The number of carbonyl (C=O) groups excluding carboxylic acids is 1. The number of benzene rings is 1. The number of pyridine rings is 1. The second-order valence-electron chi connectivity index (χ2n) is 11.3. The van der Waals surface area contributed by atoms with Crippen molar-refractivity contribution in [2.75, 3.05) is 11.9 Å². The number of anilines is 1. The summed E-state index contributed by atoms with van der Waals surface area (Å²) in [7, 11) is 0. The van der Waals surface area contributed by atoms with Gasteiger partial charge in [0.15, 0.2) is 0 Å². The minimum absolute atomic E-state index is 0.0229. The fraction of sp³-hybridized carbons (Fsp3) is 0.484. The molecule has 0 spiro atoms. The largest absolute Gasteiger partial charge is 0.417 e. The molecule has 0 saturated carbocycles. The molecule has 1 heterocycles. The molecular formula is C31H40ClFN2O4. The lowest BCUT2D eigenvalue weighted by atomic mass is 9.66. The van der Waals surface area contributed by atoms with E-state index in [1.54, 1.807) is 4.57 Å². The van der Waals surface area contributed by atoms with Gasteiger partial charge in [-0.25, -0.2) is 9.18 Å². The fourth-order valence-electron chi connectivity index (χ4n) is 5.05. The van der Waals surface area contributed by atoms with Crippen molar-refractivity contribution in [3.63, 3.8) is 0 Å². The van der Waals surface area contributed by atoms with Crippen molar-refractivity contribution in [1.29, 1.82) is 0 Å². The Morgan fingerprint density at radius 2 is 2.00 bits per heavy atom. The summed E-state index contributed by atoms with van der Waals surface area (Å²) >= 11 is 5.83. The van der Waals surface area contributed by atoms with Crippen LogP contribution in [0, 0.1) is 17.2 Å². The molecule has 0 aliphatic heterocycles. The lowest BCUT2D eigenvalue weighted by Gasteiger charge is -2.41. The van der Waals surface area contributed by atoms with Crippen LogP contribution in [0.2, 0.25) is 5.02 Å². The molecule has 1 atom stereocenters. The van der Waals surface area contributed by atoms with Crippen LogP contribution in [-0.4, -0.2) is 22.4 Å². The zero-order valence-corrected chi connectivity index (χ0v) is 24.3. The van der Waals surface area contributed by atoms with Gasteiger partial charge < -0.3 is 14.4 Å². The summed E-state index contributed by atoms with van der Waals surface area (Å²) in [5.41, 5.74) is 4.25. The second kappa shape index (κ2) is 13.4. The van der Waals surface area contributed by atoms with Gasteiger partial charge in [0.1, 0.15) is 11.6 Å². The van der Waals surface area contributed by atoms with E-state index in [0.29, 0.717) is 25.8 Å². The summed E-state index contributed by atoms with van der Waals surface area (Å²) in [5, 5.41) is 11.8. The predicted molar refractivity (Wildman–Crippen MR) is 155 cm³/mol. The van der Waals surface area contributed by atoms with E-state index in [4.69, 9.17) is 16.3 Å². The number of fused-ring (bicyclic) bond motifs is 1. The van der Waals surface area contributed by atoms with Gasteiger partial charge in [-0.2, -0.15) is 0 Å². The number of ether oxygens (including phenoxy) is 1. The molecule has 6 nitrogen and oxygen atoms in total. The summed E-state index contributed by atoms with van der Waals surface area (Å²) < 4.78 is 20.9. The first-order chi connectivity index (χ1) is 18.4. The molecule has 1 aromatic carbocycles. The van der Waals surface area contributed by atoms with Gasteiger partial charge in [0, 0.05) is 36.2 Å². The summed E-state index contributed by atoms with van der Waals surface area (Å²) in [6.07, 6.45) is 8.42. The zero-order chi connectivity index (χ0) is 28.7. The number of hydrogen-bond donors (Lipinski definition) is 2. The van der Waals surface area contributed by atoms with Crippen molar-refractivity contribution in [2.24, 2.45) is 11.3 Å². The molecule has 0 fully saturated rings. The lowest BCUT2D eigenvalue weighted by molar-refractivity contribution is 0.182. The van der Waals surface area contributed by atoms with Crippen LogP contribution in [0.1, 0.15) is 71.6 Å². The molecule has 2 aromatic rings. The molecule has 1 aliphatic carbocycles. The highest BCUT2D eigenvalue weighted by atomic mass is 35.5. The first-order valence-electron chi connectivity index (χ1n) is 13.5. The second-order valence-corrected chi connectivity index (χ2v) is 11.7. The van der Waals surface area contributed by atoms with Crippen LogP contribution < -0.4 is 15.6 Å². The van der Waals surface area contributed by atoms with E-state index < -0.39 is 11.9 Å². The Morgan fingerprint density at radius 3 is 2.67 bits per heavy atom. The van der Waals surface area contributed by atoms with Crippen LogP contribution in [0.5, 0.6) is 5.75 Å². The van der Waals surface area contributed by atoms with Crippen LogP contribution >= 0.6 is 11.6 Å². The molecule has 1 aromatic heterocycles. The van der Waals surface area contributed by atoms with Gasteiger partial charge in [0.2, 0.25) is 0 Å². The number of amides is 1. The highest BCUT2D eigenvalue weighted by Crippen LogP contribution is 2.44. The van der Waals surface area contributed by atoms with Crippen LogP contribution in [0.3, 0.4) is 0 Å². The summed E-state index contributed by atoms with van der Waals surface area (Å²) in [4.78, 5) is 25.9. The van der Waals surface area contributed by atoms with Crippen LogP contribution in [0.4, 0.5) is 14.9 Å². The highest BCUT2D eigenvalue weighted by molar-refractivity contribution is 6.31. The number of hydrogen-bond acceptors (Lipinski definition) is 4. The minimum atomic E-state index is -0.788. The van der Waals surface area contributed by atoms with E-state index in [1.165, 1.54) is 29.3 Å². The molecule has 8 heteroatoms. The van der Waals surface area contributed by atoms with Gasteiger partial charge in [-0.15, -0.1) is 0 Å². The average Bonchev–Trinajstić information content (AvgIpc) is 2.84. The van der Waals surface area contributed by atoms with Gasteiger partial charge >= 0.3 is 6.09 Å². The topological polar surface area (TPSA) is 80.6 Å². The molecule has 212 valence electrons. The van der Waals surface area contributed by atoms with Gasteiger partial charge in [0.25, 0.3) is 5.56 Å². The van der Waals surface area contributed by atoms with Gasteiger partial charge in [-0.1, -0.05) is 48.7 Å². The van der Waals surface area contributed by atoms with Crippen molar-refractivity contribution < 1.29 is 19.0 Å². The van der Waals surface area contributed by atoms with Gasteiger partial charge in [-0.3, -0.25) is 10.1 Å². The van der Waals surface area contributed by atoms with Crippen LogP contribution in [0.15, 0.2) is 52.4 Å². The maximum atomic E-state index is 13.5. The maximum Gasteiger partial charge on any atom is 0.417 e. The van der Waals surface area contributed by atoms with Crippen molar-refractivity contribution in [2.45, 2.75) is 79.7 Å². The maximum absolute atomic E-state index is 13.5. The normalized spacial score (nSPS) is 16.4. The molecule has 2 N–H and O–H groups in total. The van der Waals surface area contributed by atoms with Gasteiger partial charge in [-0.05, 0) is 88.8 Å². The number of rotatable bonds is 10. The zero-order valence-electron chi connectivity index (χ0n) is 23.6. The number of aliphatic hydroxyl groups excluding tert-OH is 1. The third-order valence-electron chi connectivity index (χ3n) is 7.42. The molecule has 3 rings (SSSR count). The smallest absolute Gasteiger partial charge is 0.410 e. The van der Waals surface area contributed by atoms with E-state index in [9.17, 15) is 19.1 Å². The number of aliphatic hydroxyl groups is 1. The molecular weight excluding hydrogens is 519 g/mol. The molecule has 1 aliphatic rings. The van der Waals surface area contributed by atoms with Crippen LogP contribution in [-0.2, 0) is 19.4 Å². The fourth-order valence-corrected chi connectivity index (χ4v) is 5.23. The van der Waals surface area contributed by atoms with Crippen LogP contribution in [0.25, 0.3) is 0 Å². The number of halogens is 2. The lowest BCUT2D eigenvalue weighted by Crippen LogP contribution is -2.38. The first-order valence-corrected chi connectivity index (χ1v) is 13.9. The first kappa shape index (κ1) is 30.6. The summed E-state index contributed by atoms with van der Waals surface area (Å²) in [5.74, 6) is -0.0924. The quantitative estimate of drug-likeness (QED) is 0.297. The number of nitrogens with zero attached hydrogens (tertiary/aromatic N) is 1. The molecule has 0 saturated heterocycles. The molecule has 0 bridgehead atoms. The molecule has 39 heavy (non-hydrogen) atoms.